The Hall–Kier alpha value is -1.84. The molecule has 0 bridgehead atoms. The van der Waals surface area contributed by atoms with Gasteiger partial charge in [-0.05, 0) is 40.2 Å². The van der Waals surface area contributed by atoms with E-state index < -0.39 is 41.7 Å². The van der Waals surface area contributed by atoms with E-state index in [0.29, 0.717) is 9.94 Å². The van der Waals surface area contributed by atoms with Crippen LogP contribution in [0.3, 0.4) is 0 Å². The summed E-state index contributed by atoms with van der Waals surface area (Å²) in [5.41, 5.74) is -0.753. The van der Waals surface area contributed by atoms with Crippen LogP contribution in [0.5, 0.6) is 0 Å². The van der Waals surface area contributed by atoms with Gasteiger partial charge < -0.3 is 4.90 Å². The highest BCUT2D eigenvalue weighted by Gasteiger charge is 2.43. The molecule has 0 aliphatic carbocycles. The van der Waals surface area contributed by atoms with Crippen molar-refractivity contribution in [3.05, 3.63) is 56.2 Å². The number of halogens is 3. The van der Waals surface area contributed by atoms with Crippen molar-refractivity contribution in [2.45, 2.75) is 6.17 Å². The maximum absolute atomic E-state index is 13.8. The first-order valence-corrected chi connectivity index (χ1v) is 8.02. The second-order valence-corrected chi connectivity index (χ2v) is 7.28. The first-order valence-electron chi connectivity index (χ1n) is 6.41. The van der Waals surface area contributed by atoms with Gasteiger partial charge in [-0.3, -0.25) is 14.8 Å². The Balaban J connectivity index is 2.03. The molecule has 1 aliphatic rings. The van der Waals surface area contributed by atoms with Crippen LogP contribution in [0.1, 0.15) is 21.4 Å². The molecular formula is C14H9BrF2N2O3S. The average Bonchev–Trinajstić information content (AvgIpc) is 3.03. The molecule has 1 aromatic carbocycles. The van der Waals surface area contributed by atoms with Crippen LogP contribution in [0.25, 0.3) is 0 Å². The lowest BCUT2D eigenvalue weighted by Crippen LogP contribution is -2.34. The molecule has 0 spiro atoms. The van der Waals surface area contributed by atoms with Crippen LogP contribution in [0.15, 0.2) is 34.1 Å². The Bertz CT molecular complexity index is 778. The predicted octanol–water partition coefficient (Wildman–Crippen LogP) is 3.16. The van der Waals surface area contributed by atoms with Crippen molar-refractivity contribution in [1.29, 1.82) is 0 Å². The van der Waals surface area contributed by atoms with Gasteiger partial charge in [0.25, 0.3) is 11.8 Å². The normalized spacial score (nSPS) is 17.9. The fourth-order valence-electron chi connectivity index (χ4n) is 2.34. The van der Waals surface area contributed by atoms with E-state index in [1.807, 2.05) is 0 Å². The van der Waals surface area contributed by atoms with Crippen molar-refractivity contribution in [2.24, 2.45) is 0 Å². The van der Waals surface area contributed by atoms with Crippen LogP contribution in [0.4, 0.5) is 8.78 Å². The molecule has 1 aliphatic heterocycles. The number of thiophene rings is 1. The van der Waals surface area contributed by atoms with Gasteiger partial charge in [-0.1, -0.05) is 6.07 Å². The van der Waals surface area contributed by atoms with Crippen molar-refractivity contribution in [2.75, 3.05) is 6.54 Å². The first-order chi connectivity index (χ1) is 10.9. The summed E-state index contributed by atoms with van der Waals surface area (Å²) in [5.74, 6) is -3.78. The van der Waals surface area contributed by atoms with Gasteiger partial charge in [0.2, 0.25) is 0 Å². The highest BCUT2D eigenvalue weighted by molar-refractivity contribution is 9.11. The molecule has 1 atom stereocenters. The molecule has 0 radical (unpaired) electrons. The van der Waals surface area contributed by atoms with Gasteiger partial charge in [0.15, 0.2) is 6.17 Å². The fraction of sp³-hybridized carbons (Fsp3) is 0.143. The predicted molar refractivity (Wildman–Crippen MR) is 80.8 cm³/mol. The van der Waals surface area contributed by atoms with Crippen molar-refractivity contribution < 1.29 is 23.6 Å². The minimum atomic E-state index is -1.12. The zero-order chi connectivity index (χ0) is 16.7. The number of benzene rings is 1. The maximum Gasteiger partial charge on any atom is 0.268 e. The van der Waals surface area contributed by atoms with E-state index in [0.717, 1.165) is 26.9 Å². The van der Waals surface area contributed by atoms with Crippen LogP contribution in [0.2, 0.25) is 0 Å². The molecule has 1 N–H and O–H groups in total. The standard InChI is InChI=1S/C14H9BrF2N2O3S/c15-10-5-4-9(23-10)13-18(6-11(20)19(13)22)14(21)12-7(16)2-1-3-8(12)17/h1-5,13,22H,6H2. The molecule has 1 fully saturated rings. The molecular weight excluding hydrogens is 394 g/mol. The van der Waals surface area contributed by atoms with Gasteiger partial charge in [0.05, 0.1) is 8.66 Å². The molecule has 5 nitrogen and oxygen atoms in total. The monoisotopic (exact) mass is 402 g/mol. The van der Waals surface area contributed by atoms with Crippen molar-refractivity contribution in [3.8, 4) is 0 Å². The average molecular weight is 403 g/mol. The number of hydrogen-bond acceptors (Lipinski definition) is 4. The van der Waals surface area contributed by atoms with Crippen LogP contribution in [0, 0.1) is 11.6 Å². The van der Waals surface area contributed by atoms with Crippen LogP contribution in [-0.2, 0) is 4.79 Å². The lowest BCUT2D eigenvalue weighted by atomic mass is 10.1. The molecule has 0 saturated carbocycles. The van der Waals surface area contributed by atoms with E-state index in [4.69, 9.17) is 0 Å². The lowest BCUT2D eigenvalue weighted by Gasteiger charge is -2.25. The number of carbonyl (C=O) groups is 2. The van der Waals surface area contributed by atoms with Gasteiger partial charge in [-0.15, -0.1) is 11.3 Å². The smallest absolute Gasteiger partial charge is 0.268 e. The van der Waals surface area contributed by atoms with Gasteiger partial charge in [-0.25, -0.2) is 8.78 Å². The van der Waals surface area contributed by atoms with E-state index >= 15 is 0 Å². The summed E-state index contributed by atoms with van der Waals surface area (Å²) in [6, 6.07) is 6.36. The number of carbonyl (C=O) groups excluding carboxylic acids is 2. The summed E-state index contributed by atoms with van der Waals surface area (Å²) in [6.45, 7) is -0.469. The van der Waals surface area contributed by atoms with Gasteiger partial charge in [0.1, 0.15) is 23.7 Å². The van der Waals surface area contributed by atoms with E-state index in [1.165, 1.54) is 11.3 Å². The Kier molecular flexibility index (Phi) is 4.17. The number of rotatable bonds is 2. The van der Waals surface area contributed by atoms with Crippen LogP contribution >= 0.6 is 27.3 Å². The van der Waals surface area contributed by atoms with Crippen molar-refractivity contribution in [1.82, 2.24) is 9.96 Å². The number of hydrogen-bond donors (Lipinski definition) is 1. The second kappa shape index (κ2) is 5.99. The van der Waals surface area contributed by atoms with Crippen molar-refractivity contribution >= 4 is 39.1 Å². The number of hydroxylamine groups is 2. The molecule has 2 heterocycles. The third kappa shape index (κ3) is 2.75. The quantitative estimate of drug-likeness (QED) is 0.784. The van der Waals surface area contributed by atoms with E-state index in [9.17, 15) is 23.6 Å². The topological polar surface area (TPSA) is 60.9 Å². The zero-order valence-electron chi connectivity index (χ0n) is 11.4. The Morgan fingerprint density at radius 1 is 1.26 bits per heavy atom. The summed E-state index contributed by atoms with van der Waals surface area (Å²) >= 11 is 4.45. The summed E-state index contributed by atoms with van der Waals surface area (Å²) in [4.78, 5) is 25.7. The van der Waals surface area contributed by atoms with Gasteiger partial charge >= 0.3 is 0 Å². The van der Waals surface area contributed by atoms with Gasteiger partial charge in [0, 0.05) is 0 Å². The fourth-order valence-corrected chi connectivity index (χ4v) is 3.87. The second-order valence-electron chi connectivity index (χ2n) is 4.78. The molecule has 9 heteroatoms. The Morgan fingerprint density at radius 2 is 1.91 bits per heavy atom. The molecule has 1 unspecified atom stereocenters. The van der Waals surface area contributed by atoms with E-state index in [-0.39, 0.29) is 0 Å². The highest BCUT2D eigenvalue weighted by atomic mass is 79.9. The van der Waals surface area contributed by atoms with Crippen LogP contribution in [-0.4, -0.2) is 33.5 Å². The minimum absolute atomic E-state index is 0.398. The Labute approximate surface area is 141 Å². The maximum atomic E-state index is 13.8. The van der Waals surface area contributed by atoms with E-state index in [1.54, 1.807) is 12.1 Å². The summed E-state index contributed by atoms with van der Waals surface area (Å²) in [7, 11) is 0. The molecule has 3 rings (SSSR count). The number of amides is 2. The molecule has 2 amide bonds. The first kappa shape index (κ1) is 16.0. The summed E-state index contributed by atoms with van der Waals surface area (Å²) < 4.78 is 28.4. The lowest BCUT2D eigenvalue weighted by molar-refractivity contribution is -0.168. The third-order valence-electron chi connectivity index (χ3n) is 3.37. The minimum Gasteiger partial charge on any atom is -0.302 e. The van der Waals surface area contributed by atoms with Crippen LogP contribution < -0.4 is 0 Å². The van der Waals surface area contributed by atoms with Gasteiger partial charge in [-0.2, -0.15) is 5.06 Å². The summed E-state index contributed by atoms with van der Waals surface area (Å²) in [5, 5.41) is 10.3. The largest absolute Gasteiger partial charge is 0.302 e. The molecule has 1 aromatic heterocycles. The molecule has 2 aromatic rings. The summed E-state index contributed by atoms with van der Waals surface area (Å²) in [6.07, 6.45) is -1.12. The number of nitrogens with zero attached hydrogens (tertiary/aromatic N) is 2. The SMILES string of the molecule is O=C1CN(C(=O)c2c(F)cccc2F)C(c2ccc(Br)s2)N1O. The Morgan fingerprint density at radius 3 is 2.48 bits per heavy atom. The molecule has 120 valence electrons. The third-order valence-corrected chi connectivity index (χ3v) is 5.04. The zero-order valence-corrected chi connectivity index (χ0v) is 13.8. The molecule has 23 heavy (non-hydrogen) atoms. The molecule has 1 saturated heterocycles. The highest BCUT2D eigenvalue weighted by Crippen LogP contribution is 2.36. The van der Waals surface area contributed by atoms with E-state index in [2.05, 4.69) is 15.9 Å². The van der Waals surface area contributed by atoms with Crippen molar-refractivity contribution in [3.63, 3.8) is 0 Å².